The number of H-pyrrole nitrogens is 1. The molecule has 0 aliphatic carbocycles. The molecule has 0 aliphatic rings. The van der Waals surface area contributed by atoms with Crippen LogP contribution in [-0.2, 0) is 21.2 Å². The Hall–Kier alpha value is -2.12. The number of carbonyl (C=O) groups excluding carboxylic acids is 1. The van der Waals surface area contributed by atoms with E-state index >= 15 is 0 Å². The minimum Gasteiger partial charge on any atom is -0.464 e. The molecule has 0 unspecified atom stereocenters. The predicted molar refractivity (Wildman–Crippen MR) is 77.5 cm³/mol. The molecule has 112 valence electrons. The second-order valence-electron chi connectivity index (χ2n) is 4.37. The van der Waals surface area contributed by atoms with Crippen LogP contribution in [0.5, 0.6) is 0 Å². The van der Waals surface area contributed by atoms with Gasteiger partial charge < -0.3 is 9.72 Å². The Morgan fingerprint density at radius 1 is 1.29 bits per heavy atom. The monoisotopic (exact) mass is 308 g/mol. The number of aromatic amines is 1. The molecule has 2 rings (SSSR count). The molecule has 0 bridgehead atoms. The predicted octanol–water partition coefficient (Wildman–Crippen LogP) is 1.32. The average Bonchev–Trinajstić information content (AvgIpc) is 2.98. The van der Waals surface area contributed by atoms with Gasteiger partial charge in [0.1, 0.15) is 10.6 Å². The van der Waals surface area contributed by atoms with Crippen LogP contribution in [0.2, 0.25) is 0 Å². The van der Waals surface area contributed by atoms with Crippen molar-refractivity contribution in [3.05, 3.63) is 53.9 Å². The third-order valence-electron chi connectivity index (χ3n) is 2.92. The van der Waals surface area contributed by atoms with Gasteiger partial charge in [-0.05, 0) is 18.1 Å². The fraction of sp³-hybridized carbons (Fsp3) is 0.214. The molecule has 0 spiro atoms. The fourth-order valence-corrected chi connectivity index (χ4v) is 2.84. The van der Waals surface area contributed by atoms with Crippen molar-refractivity contribution >= 4 is 16.0 Å². The molecule has 2 aromatic rings. The summed E-state index contributed by atoms with van der Waals surface area (Å²) in [5.41, 5.74) is 1.14. The summed E-state index contributed by atoms with van der Waals surface area (Å²) < 4.78 is 31.1. The Labute approximate surface area is 123 Å². The molecule has 0 radical (unpaired) electrons. The Balaban J connectivity index is 1.98. The fourth-order valence-electron chi connectivity index (χ4n) is 1.82. The molecule has 0 fully saturated rings. The van der Waals surface area contributed by atoms with Crippen LogP contribution in [0.1, 0.15) is 16.1 Å². The Kier molecular flexibility index (Phi) is 4.77. The van der Waals surface area contributed by atoms with Crippen LogP contribution in [0.4, 0.5) is 0 Å². The number of aromatic nitrogens is 1. The summed E-state index contributed by atoms with van der Waals surface area (Å²) in [4.78, 5) is 13.9. The Morgan fingerprint density at radius 3 is 2.67 bits per heavy atom. The molecule has 6 nitrogen and oxygen atoms in total. The van der Waals surface area contributed by atoms with Crippen LogP contribution in [0.25, 0.3) is 0 Å². The summed E-state index contributed by atoms with van der Waals surface area (Å²) in [5, 5.41) is 0. The second kappa shape index (κ2) is 6.55. The largest absolute Gasteiger partial charge is 0.464 e. The third kappa shape index (κ3) is 3.93. The standard InChI is InChI=1S/C14H16N2O4S/c1-20-14(17)13-9-12(10-15-13)21(18,19)16-8-7-11-5-3-2-4-6-11/h2-6,9-10,15-16H,7-8H2,1H3. The lowest BCUT2D eigenvalue weighted by molar-refractivity contribution is 0.0595. The van der Waals surface area contributed by atoms with E-state index in [1.165, 1.54) is 19.4 Å². The van der Waals surface area contributed by atoms with E-state index in [0.717, 1.165) is 5.56 Å². The molecule has 0 atom stereocenters. The van der Waals surface area contributed by atoms with Crippen LogP contribution < -0.4 is 4.72 Å². The van der Waals surface area contributed by atoms with Gasteiger partial charge in [-0.2, -0.15) is 0 Å². The van der Waals surface area contributed by atoms with Crippen molar-refractivity contribution in [2.75, 3.05) is 13.7 Å². The van der Waals surface area contributed by atoms with Gasteiger partial charge >= 0.3 is 5.97 Å². The molecule has 0 saturated heterocycles. The van der Waals surface area contributed by atoms with E-state index in [1.54, 1.807) is 0 Å². The zero-order valence-corrected chi connectivity index (χ0v) is 12.3. The lowest BCUT2D eigenvalue weighted by Crippen LogP contribution is -2.25. The first-order chi connectivity index (χ1) is 10.0. The van der Waals surface area contributed by atoms with Crippen molar-refractivity contribution in [1.82, 2.24) is 9.71 Å². The minimum absolute atomic E-state index is 0.0101. The quantitative estimate of drug-likeness (QED) is 0.788. The summed E-state index contributed by atoms with van der Waals surface area (Å²) >= 11 is 0. The van der Waals surface area contributed by atoms with E-state index in [-0.39, 0.29) is 17.1 Å². The van der Waals surface area contributed by atoms with Crippen molar-refractivity contribution in [2.45, 2.75) is 11.3 Å². The number of benzene rings is 1. The van der Waals surface area contributed by atoms with Crippen molar-refractivity contribution in [2.24, 2.45) is 0 Å². The number of methoxy groups -OCH3 is 1. The summed E-state index contributed by atoms with van der Waals surface area (Å²) in [5.74, 6) is -0.610. The van der Waals surface area contributed by atoms with E-state index in [4.69, 9.17) is 0 Å². The summed E-state index contributed by atoms with van der Waals surface area (Å²) in [6, 6.07) is 10.8. The Morgan fingerprint density at radius 2 is 2.00 bits per heavy atom. The number of nitrogens with one attached hydrogen (secondary N) is 2. The topological polar surface area (TPSA) is 88.3 Å². The number of carbonyl (C=O) groups is 1. The summed E-state index contributed by atoms with van der Waals surface area (Å²) in [6.07, 6.45) is 1.85. The first-order valence-electron chi connectivity index (χ1n) is 6.33. The maximum absolute atomic E-state index is 12.1. The smallest absolute Gasteiger partial charge is 0.354 e. The number of hydrogen-bond acceptors (Lipinski definition) is 4. The van der Waals surface area contributed by atoms with Crippen molar-refractivity contribution < 1.29 is 17.9 Å². The summed E-state index contributed by atoms with van der Waals surface area (Å²) in [6.45, 7) is 0.283. The van der Waals surface area contributed by atoms with Crippen LogP contribution in [-0.4, -0.2) is 33.0 Å². The van der Waals surface area contributed by atoms with E-state index in [0.29, 0.717) is 6.42 Å². The number of ether oxygens (including phenoxy) is 1. The number of rotatable bonds is 6. The molecule has 0 amide bonds. The maximum atomic E-state index is 12.1. The minimum atomic E-state index is -3.64. The van der Waals surface area contributed by atoms with E-state index in [2.05, 4.69) is 14.4 Å². The molecule has 7 heteroatoms. The zero-order chi connectivity index (χ0) is 15.3. The van der Waals surface area contributed by atoms with Gasteiger partial charge in [0.05, 0.1) is 7.11 Å². The summed E-state index contributed by atoms with van der Waals surface area (Å²) in [7, 11) is -2.41. The molecule has 1 aromatic carbocycles. The first-order valence-corrected chi connectivity index (χ1v) is 7.81. The van der Waals surface area contributed by atoms with Gasteiger partial charge in [-0.15, -0.1) is 0 Å². The van der Waals surface area contributed by atoms with Crippen molar-refractivity contribution in [3.63, 3.8) is 0 Å². The molecular weight excluding hydrogens is 292 g/mol. The van der Waals surface area contributed by atoms with Gasteiger partial charge in [0.25, 0.3) is 0 Å². The highest BCUT2D eigenvalue weighted by Crippen LogP contribution is 2.11. The van der Waals surface area contributed by atoms with Gasteiger partial charge in [-0.1, -0.05) is 30.3 Å². The number of hydrogen-bond donors (Lipinski definition) is 2. The van der Waals surface area contributed by atoms with Crippen molar-refractivity contribution in [3.8, 4) is 0 Å². The van der Waals surface area contributed by atoms with E-state index in [1.807, 2.05) is 30.3 Å². The first kappa shape index (κ1) is 15.3. The van der Waals surface area contributed by atoms with Crippen LogP contribution in [0.3, 0.4) is 0 Å². The highest BCUT2D eigenvalue weighted by molar-refractivity contribution is 7.89. The maximum Gasteiger partial charge on any atom is 0.354 e. The van der Waals surface area contributed by atoms with Gasteiger partial charge in [0, 0.05) is 12.7 Å². The lowest BCUT2D eigenvalue weighted by atomic mass is 10.2. The molecular formula is C14H16N2O4S. The number of sulfonamides is 1. The van der Waals surface area contributed by atoms with Gasteiger partial charge in [0.2, 0.25) is 10.0 Å². The normalized spacial score (nSPS) is 11.3. The van der Waals surface area contributed by atoms with E-state index in [9.17, 15) is 13.2 Å². The van der Waals surface area contributed by atoms with Crippen LogP contribution >= 0.6 is 0 Å². The van der Waals surface area contributed by atoms with Crippen molar-refractivity contribution in [1.29, 1.82) is 0 Å². The SMILES string of the molecule is COC(=O)c1cc(S(=O)(=O)NCCc2ccccc2)c[nH]1. The third-order valence-corrected chi connectivity index (χ3v) is 4.36. The molecule has 0 aliphatic heterocycles. The average molecular weight is 308 g/mol. The van der Waals surface area contributed by atoms with Gasteiger partial charge in [0.15, 0.2) is 0 Å². The number of esters is 1. The highest BCUT2D eigenvalue weighted by Gasteiger charge is 2.18. The molecule has 0 saturated carbocycles. The lowest BCUT2D eigenvalue weighted by Gasteiger charge is -2.04. The Bertz CT molecular complexity index is 708. The highest BCUT2D eigenvalue weighted by atomic mass is 32.2. The van der Waals surface area contributed by atoms with Crippen LogP contribution in [0.15, 0.2) is 47.5 Å². The van der Waals surface area contributed by atoms with Gasteiger partial charge in [-0.3, -0.25) is 0 Å². The van der Waals surface area contributed by atoms with E-state index < -0.39 is 16.0 Å². The molecule has 21 heavy (non-hydrogen) atoms. The van der Waals surface area contributed by atoms with Crippen LogP contribution in [0, 0.1) is 0 Å². The zero-order valence-electron chi connectivity index (χ0n) is 11.5. The molecule has 1 heterocycles. The molecule has 1 aromatic heterocycles. The second-order valence-corrected chi connectivity index (χ2v) is 6.14. The van der Waals surface area contributed by atoms with Gasteiger partial charge in [-0.25, -0.2) is 17.9 Å². The molecule has 2 N–H and O–H groups in total.